The summed E-state index contributed by atoms with van der Waals surface area (Å²) in [5.41, 5.74) is 0.0404. The second-order valence-corrected chi connectivity index (χ2v) is 6.86. The van der Waals surface area contributed by atoms with Gasteiger partial charge in [-0.1, -0.05) is 22.0 Å². The molecule has 0 aliphatic carbocycles. The molecule has 2 aromatic rings. The highest BCUT2D eigenvalue weighted by Gasteiger charge is 2.18. The fraction of sp³-hybridized carbons (Fsp3) is 0.0769. The van der Waals surface area contributed by atoms with Gasteiger partial charge in [0.15, 0.2) is 9.84 Å². The maximum atomic E-state index is 13.5. The molecule has 0 radical (unpaired) electrons. The average Bonchev–Trinajstić information content (AvgIpc) is 2.33. The zero-order chi connectivity index (χ0) is 14.0. The van der Waals surface area contributed by atoms with E-state index in [1.807, 2.05) is 0 Å². The Hall–Kier alpha value is -1.27. The van der Waals surface area contributed by atoms with Crippen molar-refractivity contribution in [2.45, 2.75) is 10.6 Å². The van der Waals surface area contributed by atoms with Crippen molar-refractivity contribution in [2.75, 3.05) is 0 Å². The summed E-state index contributed by atoms with van der Waals surface area (Å²) in [6, 6.07) is 8.72. The predicted octanol–water partition coefficient (Wildman–Crippen LogP) is 3.70. The van der Waals surface area contributed by atoms with Crippen molar-refractivity contribution in [2.24, 2.45) is 0 Å². The van der Waals surface area contributed by atoms with Gasteiger partial charge in [-0.2, -0.15) is 0 Å². The molecule has 0 fully saturated rings. The van der Waals surface area contributed by atoms with E-state index in [4.69, 9.17) is 0 Å². The van der Waals surface area contributed by atoms with E-state index in [0.717, 1.165) is 12.1 Å². The number of hydrogen-bond donors (Lipinski definition) is 0. The Morgan fingerprint density at radius 1 is 1.05 bits per heavy atom. The van der Waals surface area contributed by atoms with Gasteiger partial charge in [0.1, 0.15) is 11.6 Å². The molecule has 2 aromatic carbocycles. The maximum Gasteiger partial charge on any atom is 0.182 e. The largest absolute Gasteiger partial charge is 0.223 e. The third-order valence-electron chi connectivity index (χ3n) is 2.51. The van der Waals surface area contributed by atoms with E-state index in [-0.39, 0.29) is 10.5 Å². The van der Waals surface area contributed by atoms with Crippen LogP contribution in [0.25, 0.3) is 0 Å². The zero-order valence-corrected chi connectivity index (χ0v) is 12.0. The van der Waals surface area contributed by atoms with Crippen molar-refractivity contribution in [1.82, 2.24) is 0 Å². The van der Waals surface area contributed by atoms with E-state index >= 15 is 0 Å². The fourth-order valence-corrected chi connectivity index (χ4v) is 3.39. The van der Waals surface area contributed by atoms with Crippen molar-refractivity contribution in [3.63, 3.8) is 0 Å². The van der Waals surface area contributed by atoms with Crippen LogP contribution in [-0.4, -0.2) is 8.42 Å². The molecule has 2 rings (SSSR count). The molecule has 0 spiro atoms. The Morgan fingerprint density at radius 2 is 1.79 bits per heavy atom. The molecular formula is C13H9BrF2O2S. The first kappa shape index (κ1) is 14.1. The average molecular weight is 347 g/mol. The molecular weight excluding hydrogens is 338 g/mol. The third-order valence-corrected chi connectivity index (χ3v) is 4.66. The zero-order valence-electron chi connectivity index (χ0n) is 9.61. The first-order valence-electron chi connectivity index (χ1n) is 5.31. The summed E-state index contributed by atoms with van der Waals surface area (Å²) in [5.74, 6) is -1.76. The minimum Gasteiger partial charge on any atom is -0.223 e. The molecule has 0 amide bonds. The van der Waals surface area contributed by atoms with Gasteiger partial charge >= 0.3 is 0 Å². The van der Waals surface area contributed by atoms with Gasteiger partial charge in [-0.15, -0.1) is 0 Å². The number of halogens is 3. The summed E-state index contributed by atoms with van der Waals surface area (Å²) in [6.45, 7) is 0. The standard InChI is InChI=1S/C13H9BrF2O2S/c14-10-4-5-13(16)9(6-10)8-19(17,18)12-3-1-2-11(15)7-12/h1-7H,8H2. The Morgan fingerprint density at radius 3 is 2.47 bits per heavy atom. The van der Waals surface area contributed by atoms with Gasteiger partial charge in [-0.05, 0) is 36.4 Å². The van der Waals surface area contributed by atoms with Gasteiger partial charge in [0.2, 0.25) is 0 Å². The first-order valence-corrected chi connectivity index (χ1v) is 7.75. The molecule has 0 saturated heterocycles. The second kappa shape index (κ2) is 5.38. The van der Waals surface area contributed by atoms with Crippen LogP contribution in [0, 0.1) is 11.6 Å². The Labute approximate surface area is 118 Å². The number of benzene rings is 2. The first-order chi connectivity index (χ1) is 8.88. The van der Waals surface area contributed by atoms with E-state index in [9.17, 15) is 17.2 Å². The molecule has 100 valence electrons. The van der Waals surface area contributed by atoms with Gasteiger partial charge < -0.3 is 0 Å². The van der Waals surface area contributed by atoms with E-state index in [1.54, 1.807) is 0 Å². The molecule has 0 N–H and O–H groups in total. The van der Waals surface area contributed by atoms with Crippen LogP contribution in [0.3, 0.4) is 0 Å². The van der Waals surface area contributed by atoms with Crippen LogP contribution in [0.2, 0.25) is 0 Å². The number of rotatable bonds is 3. The van der Waals surface area contributed by atoms with Gasteiger partial charge in [-0.3, -0.25) is 0 Å². The van der Waals surface area contributed by atoms with E-state index in [0.29, 0.717) is 4.47 Å². The van der Waals surface area contributed by atoms with Crippen molar-refractivity contribution in [1.29, 1.82) is 0 Å². The Balaban J connectivity index is 2.39. The lowest BCUT2D eigenvalue weighted by Gasteiger charge is -2.06. The van der Waals surface area contributed by atoms with Gasteiger partial charge in [0.05, 0.1) is 10.6 Å². The van der Waals surface area contributed by atoms with Crippen LogP contribution in [0.5, 0.6) is 0 Å². The van der Waals surface area contributed by atoms with E-state index in [1.165, 1.54) is 30.3 Å². The third kappa shape index (κ3) is 3.39. The van der Waals surface area contributed by atoms with Crippen molar-refractivity contribution < 1.29 is 17.2 Å². The smallest absolute Gasteiger partial charge is 0.182 e. The summed E-state index contributed by atoms with van der Waals surface area (Å²) in [4.78, 5) is -0.160. The van der Waals surface area contributed by atoms with Crippen molar-refractivity contribution in [3.05, 3.63) is 64.1 Å². The normalized spacial score (nSPS) is 11.5. The highest BCUT2D eigenvalue weighted by molar-refractivity contribution is 9.10. The molecule has 0 heterocycles. The van der Waals surface area contributed by atoms with Crippen LogP contribution in [0.1, 0.15) is 5.56 Å². The van der Waals surface area contributed by atoms with Crippen LogP contribution >= 0.6 is 15.9 Å². The molecule has 0 aliphatic rings. The lowest BCUT2D eigenvalue weighted by Crippen LogP contribution is -2.06. The Bertz CT molecular complexity index is 714. The Kier molecular flexibility index (Phi) is 4.01. The summed E-state index contributed by atoms with van der Waals surface area (Å²) in [6.07, 6.45) is 0. The molecule has 0 saturated carbocycles. The molecule has 0 aliphatic heterocycles. The quantitative estimate of drug-likeness (QED) is 0.849. The predicted molar refractivity (Wildman–Crippen MR) is 71.4 cm³/mol. The summed E-state index contributed by atoms with van der Waals surface area (Å²) in [7, 11) is -3.78. The molecule has 0 aromatic heterocycles. The summed E-state index contributed by atoms with van der Waals surface area (Å²) < 4.78 is 51.3. The maximum absolute atomic E-state index is 13.5. The molecule has 2 nitrogen and oxygen atoms in total. The SMILES string of the molecule is O=S(=O)(Cc1cc(Br)ccc1F)c1cccc(F)c1. The molecule has 0 unspecified atom stereocenters. The van der Waals surface area contributed by atoms with Crippen LogP contribution in [0.4, 0.5) is 8.78 Å². The number of hydrogen-bond acceptors (Lipinski definition) is 2. The minimum absolute atomic E-state index is 0.0404. The molecule has 0 atom stereocenters. The van der Waals surface area contributed by atoms with Crippen LogP contribution < -0.4 is 0 Å². The van der Waals surface area contributed by atoms with E-state index < -0.39 is 27.2 Å². The topological polar surface area (TPSA) is 34.1 Å². The highest BCUT2D eigenvalue weighted by atomic mass is 79.9. The van der Waals surface area contributed by atoms with Crippen LogP contribution in [0.15, 0.2) is 51.8 Å². The molecule has 19 heavy (non-hydrogen) atoms. The summed E-state index contributed by atoms with van der Waals surface area (Å²) >= 11 is 3.15. The van der Waals surface area contributed by atoms with E-state index in [2.05, 4.69) is 15.9 Å². The highest BCUT2D eigenvalue weighted by Crippen LogP contribution is 2.22. The van der Waals surface area contributed by atoms with Gasteiger partial charge in [0, 0.05) is 10.0 Å². The second-order valence-electron chi connectivity index (χ2n) is 3.95. The number of sulfone groups is 1. The van der Waals surface area contributed by atoms with Gasteiger partial charge in [0.25, 0.3) is 0 Å². The minimum atomic E-state index is -3.78. The van der Waals surface area contributed by atoms with Crippen LogP contribution in [-0.2, 0) is 15.6 Å². The monoisotopic (exact) mass is 346 g/mol. The lowest BCUT2D eigenvalue weighted by molar-refractivity contribution is 0.583. The van der Waals surface area contributed by atoms with Crippen molar-refractivity contribution >= 4 is 25.8 Å². The molecule has 6 heteroatoms. The fourth-order valence-electron chi connectivity index (χ4n) is 1.60. The van der Waals surface area contributed by atoms with Gasteiger partial charge in [-0.25, -0.2) is 17.2 Å². The summed E-state index contributed by atoms with van der Waals surface area (Å²) in [5, 5.41) is 0. The lowest BCUT2D eigenvalue weighted by atomic mass is 10.2. The molecule has 0 bridgehead atoms. The van der Waals surface area contributed by atoms with Crippen molar-refractivity contribution in [3.8, 4) is 0 Å².